The number of piperidine rings is 1. The number of benzene rings is 1. The Morgan fingerprint density at radius 3 is 2.49 bits per heavy atom. The molecule has 1 aliphatic heterocycles. The fraction of sp³-hybridized carbons (Fsp3) is 0.541. The lowest BCUT2D eigenvalue weighted by Crippen LogP contribution is -2.57. The molecule has 2 aromatic rings. The Hall–Kier alpha value is -3.81. The van der Waals surface area contributed by atoms with Crippen molar-refractivity contribution in [2.24, 2.45) is 17.8 Å². The molecule has 1 aliphatic rings. The van der Waals surface area contributed by atoms with Crippen LogP contribution in [-0.4, -0.2) is 82.2 Å². The van der Waals surface area contributed by atoms with Crippen molar-refractivity contribution < 1.29 is 24.3 Å². The number of aromatic nitrogens is 1. The maximum atomic E-state index is 13.9. The van der Waals surface area contributed by atoms with E-state index in [0.29, 0.717) is 11.4 Å². The van der Waals surface area contributed by atoms with Gasteiger partial charge < -0.3 is 15.3 Å². The summed E-state index contributed by atoms with van der Waals surface area (Å²) in [5, 5.41) is 14.6. The van der Waals surface area contributed by atoms with Gasteiger partial charge in [-0.15, -0.1) is 11.3 Å². The van der Waals surface area contributed by atoms with Crippen LogP contribution in [0.5, 0.6) is 0 Å². The summed E-state index contributed by atoms with van der Waals surface area (Å²) in [5.41, 5.74) is 1.49. The SMILES string of the molecule is CC[C@H](C)[C@H](NC(=O)[C@H]1CCCCN1C)C(=O)N(C)[C@H](C#Cc1nc(C(=O)C[C@H](/C=C(\C)C(=O)O)Cc2ccccc2)cs1)C(C)C. The van der Waals surface area contributed by atoms with Crippen LogP contribution >= 0.6 is 11.3 Å². The maximum absolute atomic E-state index is 13.9. The molecule has 0 bridgehead atoms. The first-order chi connectivity index (χ1) is 22.3. The van der Waals surface area contributed by atoms with Crippen LogP contribution in [0.15, 0.2) is 47.4 Å². The number of allylic oxidation sites excluding steroid dienone is 1. The molecule has 10 heteroatoms. The van der Waals surface area contributed by atoms with E-state index in [1.165, 1.54) is 18.3 Å². The van der Waals surface area contributed by atoms with Crippen molar-refractivity contribution in [2.75, 3.05) is 20.6 Å². The van der Waals surface area contributed by atoms with Crippen LogP contribution in [0.4, 0.5) is 0 Å². The molecule has 0 aliphatic carbocycles. The van der Waals surface area contributed by atoms with Gasteiger partial charge in [-0.25, -0.2) is 9.78 Å². The summed E-state index contributed by atoms with van der Waals surface area (Å²) in [4.78, 5) is 60.1. The van der Waals surface area contributed by atoms with Crippen molar-refractivity contribution in [2.45, 2.75) is 91.3 Å². The molecule has 1 aromatic heterocycles. The van der Waals surface area contributed by atoms with E-state index in [4.69, 9.17) is 0 Å². The summed E-state index contributed by atoms with van der Waals surface area (Å²) < 4.78 is 0. The van der Waals surface area contributed by atoms with Crippen molar-refractivity contribution >= 4 is 34.9 Å². The highest BCUT2D eigenvalue weighted by Crippen LogP contribution is 2.22. The monoisotopic (exact) mass is 662 g/mol. The van der Waals surface area contributed by atoms with Gasteiger partial charge in [0.1, 0.15) is 11.7 Å². The largest absolute Gasteiger partial charge is 0.478 e. The number of Topliss-reactive ketones (excluding diaryl/α,β-unsaturated/α-hetero) is 1. The number of carboxylic acids is 1. The lowest BCUT2D eigenvalue weighted by Gasteiger charge is -2.36. The highest BCUT2D eigenvalue weighted by molar-refractivity contribution is 7.10. The van der Waals surface area contributed by atoms with Gasteiger partial charge in [-0.1, -0.05) is 82.9 Å². The van der Waals surface area contributed by atoms with E-state index in [9.17, 15) is 24.3 Å². The third-order valence-corrected chi connectivity index (χ3v) is 9.73. The number of rotatable bonds is 14. The van der Waals surface area contributed by atoms with E-state index >= 15 is 0 Å². The number of hydrogen-bond donors (Lipinski definition) is 2. The first-order valence-corrected chi connectivity index (χ1v) is 17.4. The summed E-state index contributed by atoms with van der Waals surface area (Å²) >= 11 is 1.26. The summed E-state index contributed by atoms with van der Waals surface area (Å²) in [7, 11) is 3.68. The van der Waals surface area contributed by atoms with Crippen molar-refractivity contribution in [1.82, 2.24) is 20.1 Å². The topological polar surface area (TPSA) is 120 Å². The van der Waals surface area contributed by atoms with Gasteiger partial charge in [-0.2, -0.15) is 0 Å². The van der Waals surface area contributed by atoms with Crippen molar-refractivity contribution in [3.8, 4) is 11.8 Å². The van der Waals surface area contributed by atoms with E-state index in [0.717, 1.165) is 37.8 Å². The van der Waals surface area contributed by atoms with Gasteiger partial charge in [0, 0.05) is 24.4 Å². The minimum Gasteiger partial charge on any atom is -0.478 e. The molecule has 0 saturated carbocycles. The molecule has 47 heavy (non-hydrogen) atoms. The smallest absolute Gasteiger partial charge is 0.330 e. The van der Waals surface area contributed by atoms with Gasteiger partial charge in [-0.3, -0.25) is 19.3 Å². The number of amides is 2. The molecule has 1 fully saturated rings. The Balaban J connectivity index is 1.75. The zero-order valence-electron chi connectivity index (χ0n) is 28.8. The molecule has 254 valence electrons. The molecule has 0 spiro atoms. The molecule has 1 saturated heterocycles. The van der Waals surface area contributed by atoms with Gasteiger partial charge in [0.05, 0.1) is 12.1 Å². The van der Waals surface area contributed by atoms with Gasteiger partial charge >= 0.3 is 5.97 Å². The van der Waals surface area contributed by atoms with Gasteiger partial charge in [0.15, 0.2) is 10.8 Å². The fourth-order valence-corrected chi connectivity index (χ4v) is 6.55. The molecular formula is C37H50N4O5S. The Morgan fingerprint density at radius 2 is 1.87 bits per heavy atom. The summed E-state index contributed by atoms with van der Waals surface area (Å²) in [6.45, 7) is 10.4. The predicted octanol–water partition coefficient (Wildman–Crippen LogP) is 5.46. The number of carboxylic acid groups (broad SMARTS) is 1. The lowest BCUT2D eigenvalue weighted by atomic mass is 9.92. The highest BCUT2D eigenvalue weighted by atomic mass is 32.1. The van der Waals surface area contributed by atoms with Crippen LogP contribution in [0.25, 0.3) is 0 Å². The number of carbonyl (C=O) groups excluding carboxylic acids is 3. The van der Waals surface area contributed by atoms with E-state index in [2.05, 4.69) is 27.0 Å². The van der Waals surface area contributed by atoms with Crippen molar-refractivity contribution in [3.63, 3.8) is 0 Å². The average Bonchev–Trinajstić information content (AvgIpc) is 3.52. The third-order valence-electron chi connectivity index (χ3n) is 8.97. The van der Waals surface area contributed by atoms with Crippen LogP contribution < -0.4 is 5.32 Å². The Morgan fingerprint density at radius 1 is 1.17 bits per heavy atom. The second-order valence-electron chi connectivity index (χ2n) is 13.0. The fourth-order valence-electron chi connectivity index (χ4n) is 5.88. The average molecular weight is 663 g/mol. The van der Waals surface area contributed by atoms with Crippen LogP contribution in [0.2, 0.25) is 0 Å². The zero-order valence-corrected chi connectivity index (χ0v) is 29.6. The number of aliphatic carboxylic acids is 1. The predicted molar refractivity (Wildman–Crippen MR) is 186 cm³/mol. The second kappa shape index (κ2) is 17.9. The molecular weight excluding hydrogens is 612 g/mol. The third kappa shape index (κ3) is 10.9. The zero-order chi connectivity index (χ0) is 34.7. The molecule has 9 nitrogen and oxygen atoms in total. The number of likely N-dealkylation sites (N-methyl/N-ethyl adjacent to an activating group) is 2. The number of thiazole rings is 1. The van der Waals surface area contributed by atoms with Crippen molar-refractivity contribution in [3.05, 3.63) is 63.6 Å². The Bertz CT molecular complexity index is 1470. The quantitative estimate of drug-likeness (QED) is 0.157. The van der Waals surface area contributed by atoms with Crippen LogP contribution in [-0.2, 0) is 20.8 Å². The minimum absolute atomic E-state index is 0.00159. The van der Waals surface area contributed by atoms with Gasteiger partial charge in [0.2, 0.25) is 11.8 Å². The Kier molecular flexibility index (Phi) is 14.4. The standard InChI is InChI=1S/C37H50N4O5S/c1-8-25(4)34(39-35(43)31-16-12-13-19-40(31)6)36(44)41(7)30(24(2)3)17-18-33-38-29(23-47-33)32(42)22-28(20-26(5)37(45)46)21-27-14-10-9-11-15-27/h9-11,14-15,20,23-25,28,30-31,34H,8,12-13,16,19,21-22H2,1-7H3,(H,39,43)(H,45,46)/b26-20+/t25-,28+,30+,31+,34-/m0/s1. The molecule has 0 radical (unpaired) electrons. The number of likely N-dealkylation sites (tertiary alicyclic amines) is 1. The molecule has 2 N–H and O–H groups in total. The van der Waals surface area contributed by atoms with Crippen LogP contribution in [0, 0.1) is 29.6 Å². The number of carbonyl (C=O) groups is 4. The first kappa shape index (κ1) is 37.6. The van der Waals surface area contributed by atoms with E-state index in [-0.39, 0.29) is 59.1 Å². The number of hydrogen-bond acceptors (Lipinski definition) is 7. The molecule has 1 aromatic carbocycles. The molecule has 2 amide bonds. The first-order valence-electron chi connectivity index (χ1n) is 16.5. The van der Waals surface area contributed by atoms with E-state index < -0.39 is 18.1 Å². The van der Waals surface area contributed by atoms with Gasteiger partial charge in [0.25, 0.3) is 0 Å². The highest BCUT2D eigenvalue weighted by Gasteiger charge is 2.35. The van der Waals surface area contributed by atoms with Crippen molar-refractivity contribution in [1.29, 1.82) is 0 Å². The molecule has 5 atom stereocenters. The minimum atomic E-state index is -1.01. The van der Waals surface area contributed by atoms with Gasteiger partial charge in [-0.05, 0) is 69.0 Å². The van der Waals surface area contributed by atoms with Crippen LogP contribution in [0.3, 0.4) is 0 Å². The molecule has 0 unspecified atom stereocenters. The number of nitrogens with one attached hydrogen (secondary N) is 1. The molecule has 3 rings (SSSR count). The summed E-state index contributed by atoms with van der Waals surface area (Å²) in [6, 6.07) is 8.32. The van der Waals surface area contributed by atoms with E-state index in [1.54, 1.807) is 23.4 Å². The van der Waals surface area contributed by atoms with Crippen LogP contribution in [0.1, 0.15) is 87.8 Å². The van der Waals surface area contributed by atoms with E-state index in [1.807, 2.05) is 65.1 Å². The summed E-state index contributed by atoms with van der Waals surface area (Å²) in [5.74, 6) is 4.45. The lowest BCUT2D eigenvalue weighted by molar-refractivity contribution is -0.139. The Labute approximate surface area is 283 Å². The second-order valence-corrected chi connectivity index (χ2v) is 13.9. The number of nitrogens with zero attached hydrogens (tertiary/aromatic N) is 3. The number of ketones is 1. The maximum Gasteiger partial charge on any atom is 0.330 e. The normalized spacial score (nSPS) is 18.0. The molecule has 2 heterocycles. The summed E-state index contributed by atoms with van der Waals surface area (Å²) in [6.07, 6.45) is 5.86.